The molecule has 0 saturated heterocycles. The first kappa shape index (κ1) is 13.0. The molecule has 0 atom stereocenters. The molecule has 0 bridgehead atoms. The van der Waals surface area contributed by atoms with Crippen LogP contribution in [0.1, 0.15) is 23.7 Å². The molecule has 0 unspecified atom stereocenters. The SMILES string of the molecule is CC(=O)OCCn1c(C)cc(C)c(C#N)c1=O. The van der Waals surface area contributed by atoms with Gasteiger partial charge in [-0.05, 0) is 25.5 Å². The van der Waals surface area contributed by atoms with Gasteiger partial charge < -0.3 is 9.30 Å². The Morgan fingerprint density at radius 1 is 1.53 bits per heavy atom. The van der Waals surface area contributed by atoms with Crippen LogP contribution in [0.3, 0.4) is 0 Å². The molecule has 0 aliphatic carbocycles. The first-order valence-corrected chi connectivity index (χ1v) is 5.22. The second kappa shape index (κ2) is 5.30. The zero-order valence-electron chi connectivity index (χ0n) is 10.1. The van der Waals surface area contributed by atoms with E-state index in [1.165, 1.54) is 11.5 Å². The fourth-order valence-electron chi connectivity index (χ4n) is 1.62. The lowest BCUT2D eigenvalue weighted by Gasteiger charge is -2.11. The van der Waals surface area contributed by atoms with Gasteiger partial charge in [-0.3, -0.25) is 9.59 Å². The van der Waals surface area contributed by atoms with Crippen LogP contribution in [0.25, 0.3) is 0 Å². The van der Waals surface area contributed by atoms with Crippen LogP contribution < -0.4 is 5.56 Å². The van der Waals surface area contributed by atoms with E-state index in [0.29, 0.717) is 5.56 Å². The van der Waals surface area contributed by atoms with Crippen molar-refractivity contribution < 1.29 is 9.53 Å². The van der Waals surface area contributed by atoms with Crippen molar-refractivity contribution in [3.8, 4) is 6.07 Å². The van der Waals surface area contributed by atoms with Crippen molar-refractivity contribution in [2.75, 3.05) is 6.61 Å². The smallest absolute Gasteiger partial charge is 0.302 e. The summed E-state index contributed by atoms with van der Waals surface area (Å²) in [6, 6.07) is 3.66. The van der Waals surface area contributed by atoms with Gasteiger partial charge in [0.15, 0.2) is 0 Å². The van der Waals surface area contributed by atoms with E-state index in [0.717, 1.165) is 5.69 Å². The molecule has 0 amide bonds. The summed E-state index contributed by atoms with van der Waals surface area (Å²) in [7, 11) is 0. The molecule has 0 aliphatic heterocycles. The zero-order valence-corrected chi connectivity index (χ0v) is 10.1. The molecule has 90 valence electrons. The minimum absolute atomic E-state index is 0.129. The fraction of sp³-hybridized carbons (Fsp3) is 0.417. The lowest BCUT2D eigenvalue weighted by molar-refractivity contribution is -0.141. The molecule has 1 aromatic rings. The molecule has 0 saturated carbocycles. The number of carbonyl (C=O) groups excluding carboxylic acids is 1. The maximum Gasteiger partial charge on any atom is 0.302 e. The maximum absolute atomic E-state index is 11.9. The molecule has 0 spiro atoms. The molecule has 17 heavy (non-hydrogen) atoms. The monoisotopic (exact) mass is 234 g/mol. The standard InChI is InChI=1S/C12H14N2O3/c1-8-6-9(2)14(4-5-17-10(3)15)12(16)11(8)7-13/h6H,4-5H2,1-3H3. The Morgan fingerprint density at radius 2 is 2.18 bits per heavy atom. The maximum atomic E-state index is 11.9. The molecule has 1 aromatic heterocycles. The summed E-state index contributed by atoms with van der Waals surface area (Å²) >= 11 is 0. The quantitative estimate of drug-likeness (QED) is 0.728. The van der Waals surface area contributed by atoms with Gasteiger partial charge in [0.05, 0.1) is 6.54 Å². The number of nitrogens with zero attached hydrogens (tertiary/aromatic N) is 2. The van der Waals surface area contributed by atoms with Crippen molar-refractivity contribution in [3.05, 3.63) is 33.2 Å². The van der Waals surface area contributed by atoms with Crippen molar-refractivity contribution in [2.24, 2.45) is 0 Å². The highest BCUT2D eigenvalue weighted by Crippen LogP contribution is 2.05. The number of hydrogen-bond donors (Lipinski definition) is 0. The molecule has 1 rings (SSSR count). The Labute approximate surface area is 99.2 Å². The topological polar surface area (TPSA) is 72.1 Å². The number of aryl methyl sites for hydroxylation is 2. The minimum atomic E-state index is -0.386. The van der Waals surface area contributed by atoms with Crippen molar-refractivity contribution in [3.63, 3.8) is 0 Å². The Morgan fingerprint density at radius 3 is 2.71 bits per heavy atom. The third-order valence-electron chi connectivity index (χ3n) is 2.44. The number of pyridine rings is 1. The number of rotatable bonds is 3. The van der Waals surface area contributed by atoms with Gasteiger partial charge in [0.25, 0.3) is 5.56 Å². The number of aromatic nitrogens is 1. The van der Waals surface area contributed by atoms with Gasteiger partial charge >= 0.3 is 5.97 Å². The van der Waals surface area contributed by atoms with E-state index in [4.69, 9.17) is 10.00 Å². The summed E-state index contributed by atoms with van der Waals surface area (Å²) in [5.74, 6) is -0.386. The van der Waals surface area contributed by atoms with E-state index in [9.17, 15) is 9.59 Å². The Bertz CT molecular complexity index is 538. The number of nitriles is 1. The summed E-state index contributed by atoms with van der Waals surface area (Å²) in [5.41, 5.74) is 1.22. The molecule has 5 nitrogen and oxygen atoms in total. The number of ether oxygens (including phenoxy) is 1. The molecule has 5 heteroatoms. The first-order chi connectivity index (χ1) is 7.97. The van der Waals surface area contributed by atoms with E-state index in [2.05, 4.69) is 0 Å². The van der Waals surface area contributed by atoms with Gasteiger partial charge in [0, 0.05) is 12.6 Å². The first-order valence-electron chi connectivity index (χ1n) is 5.22. The van der Waals surface area contributed by atoms with Crippen LogP contribution >= 0.6 is 0 Å². The molecule has 0 aromatic carbocycles. The van der Waals surface area contributed by atoms with Gasteiger partial charge in [0.2, 0.25) is 0 Å². The van der Waals surface area contributed by atoms with Crippen molar-refractivity contribution in [2.45, 2.75) is 27.3 Å². The second-order valence-electron chi connectivity index (χ2n) is 3.75. The van der Waals surface area contributed by atoms with Crippen LogP contribution in [-0.2, 0) is 16.1 Å². The van der Waals surface area contributed by atoms with Crippen LogP contribution in [0.5, 0.6) is 0 Å². The highest BCUT2D eigenvalue weighted by atomic mass is 16.5. The Kier molecular flexibility index (Phi) is 4.05. The Hall–Kier alpha value is -2.09. The number of hydrogen-bond acceptors (Lipinski definition) is 4. The highest BCUT2D eigenvalue weighted by molar-refractivity contribution is 5.65. The summed E-state index contributed by atoms with van der Waals surface area (Å²) in [6.07, 6.45) is 0. The molecular weight excluding hydrogens is 220 g/mol. The molecular formula is C12H14N2O3. The lowest BCUT2D eigenvalue weighted by Crippen LogP contribution is -2.27. The summed E-state index contributed by atoms with van der Waals surface area (Å²) in [4.78, 5) is 22.5. The van der Waals surface area contributed by atoms with Crippen molar-refractivity contribution in [1.29, 1.82) is 5.26 Å². The zero-order chi connectivity index (χ0) is 13.0. The van der Waals surface area contributed by atoms with E-state index in [1.54, 1.807) is 19.9 Å². The number of carbonyl (C=O) groups is 1. The van der Waals surface area contributed by atoms with E-state index in [1.807, 2.05) is 6.07 Å². The number of esters is 1. The van der Waals surface area contributed by atoms with Crippen molar-refractivity contribution in [1.82, 2.24) is 4.57 Å². The van der Waals surface area contributed by atoms with Crippen LogP contribution in [0.4, 0.5) is 0 Å². The van der Waals surface area contributed by atoms with Gasteiger partial charge in [-0.25, -0.2) is 0 Å². The van der Waals surface area contributed by atoms with Crippen LogP contribution in [0.15, 0.2) is 10.9 Å². The largest absolute Gasteiger partial charge is 0.464 e. The van der Waals surface area contributed by atoms with Crippen LogP contribution in [0, 0.1) is 25.2 Å². The third-order valence-corrected chi connectivity index (χ3v) is 2.44. The summed E-state index contributed by atoms with van der Waals surface area (Å²) < 4.78 is 6.22. The molecule has 0 N–H and O–H groups in total. The molecule has 0 fully saturated rings. The normalized spacial score (nSPS) is 9.76. The van der Waals surface area contributed by atoms with Gasteiger partial charge in [0.1, 0.15) is 18.2 Å². The average molecular weight is 234 g/mol. The molecule has 0 aliphatic rings. The average Bonchev–Trinajstić information content (AvgIpc) is 2.22. The lowest BCUT2D eigenvalue weighted by atomic mass is 10.1. The summed E-state index contributed by atoms with van der Waals surface area (Å²) in [6.45, 7) is 5.21. The predicted molar refractivity (Wildman–Crippen MR) is 61.5 cm³/mol. The summed E-state index contributed by atoms with van der Waals surface area (Å²) in [5, 5.41) is 8.88. The van der Waals surface area contributed by atoms with E-state index in [-0.39, 0.29) is 30.2 Å². The van der Waals surface area contributed by atoms with Gasteiger partial charge in [-0.15, -0.1) is 0 Å². The Balaban J connectivity index is 3.05. The molecule has 1 heterocycles. The predicted octanol–water partition coefficient (Wildman–Crippen LogP) is 0.900. The highest BCUT2D eigenvalue weighted by Gasteiger charge is 2.09. The minimum Gasteiger partial charge on any atom is -0.464 e. The van der Waals surface area contributed by atoms with Crippen LogP contribution in [-0.4, -0.2) is 17.1 Å². The van der Waals surface area contributed by atoms with Crippen LogP contribution in [0.2, 0.25) is 0 Å². The molecule has 0 radical (unpaired) electrons. The van der Waals surface area contributed by atoms with Gasteiger partial charge in [-0.2, -0.15) is 5.26 Å². The van der Waals surface area contributed by atoms with Crippen molar-refractivity contribution >= 4 is 5.97 Å². The van der Waals surface area contributed by atoms with E-state index < -0.39 is 0 Å². The van der Waals surface area contributed by atoms with Gasteiger partial charge in [-0.1, -0.05) is 0 Å². The second-order valence-corrected chi connectivity index (χ2v) is 3.75. The third kappa shape index (κ3) is 2.94. The van der Waals surface area contributed by atoms with E-state index >= 15 is 0 Å². The fourth-order valence-corrected chi connectivity index (χ4v) is 1.62.